The first-order valence-electron chi connectivity index (χ1n) is 4.64. The summed E-state index contributed by atoms with van der Waals surface area (Å²) in [7, 11) is 0. The second-order valence-corrected chi connectivity index (χ2v) is 3.40. The van der Waals surface area contributed by atoms with Crippen LogP contribution < -0.4 is 4.74 Å². The van der Waals surface area contributed by atoms with Crippen molar-refractivity contribution in [2.75, 3.05) is 0 Å². The molecule has 1 aromatic rings. The average molecular weight is 307 g/mol. The van der Waals surface area contributed by atoms with Gasteiger partial charge in [0.15, 0.2) is 11.5 Å². The summed E-state index contributed by atoms with van der Waals surface area (Å²) in [4.78, 5) is 12.7. The molecular weight excluding hydrogens is 303 g/mol. The summed E-state index contributed by atoms with van der Waals surface area (Å²) in [5, 5.41) is 8.38. The summed E-state index contributed by atoms with van der Waals surface area (Å²) in [6.45, 7) is 0. The van der Waals surface area contributed by atoms with Gasteiger partial charge in [0.05, 0.1) is 6.42 Å². The number of aliphatic carboxylic acids is 1. The third-order valence-electron chi connectivity index (χ3n) is 1.84. The van der Waals surface area contributed by atoms with Crippen LogP contribution in [-0.2, 0) is 17.4 Å². The molecule has 0 saturated heterocycles. The maximum atomic E-state index is 13.4. The van der Waals surface area contributed by atoms with Gasteiger partial charge in [-0.05, 0) is 0 Å². The Labute approximate surface area is 105 Å². The van der Waals surface area contributed by atoms with Crippen molar-refractivity contribution in [1.82, 2.24) is 4.98 Å². The fraction of sp³-hybridized carbons (Fsp3) is 0.333. The lowest BCUT2D eigenvalue weighted by Gasteiger charge is -2.13. The van der Waals surface area contributed by atoms with E-state index in [2.05, 4.69) is 9.72 Å². The number of rotatable bonds is 3. The molecule has 0 aliphatic carbocycles. The van der Waals surface area contributed by atoms with Crippen molar-refractivity contribution in [2.45, 2.75) is 19.0 Å². The van der Waals surface area contributed by atoms with Crippen LogP contribution in [0.15, 0.2) is 6.07 Å². The Morgan fingerprint density at radius 2 is 1.80 bits per heavy atom. The highest BCUT2D eigenvalue weighted by Gasteiger charge is 2.40. The fourth-order valence-electron chi connectivity index (χ4n) is 1.21. The van der Waals surface area contributed by atoms with Gasteiger partial charge in [-0.1, -0.05) is 0 Å². The predicted octanol–water partition coefficient (Wildman–Crippen LogP) is 2.77. The van der Waals surface area contributed by atoms with Crippen molar-refractivity contribution in [1.29, 1.82) is 0 Å². The number of aromatic nitrogens is 1. The number of alkyl halides is 6. The highest BCUT2D eigenvalue weighted by Crippen LogP contribution is 2.34. The van der Waals surface area contributed by atoms with E-state index in [1.807, 2.05) is 0 Å². The summed E-state index contributed by atoms with van der Waals surface area (Å²) >= 11 is 0. The number of pyridine rings is 1. The second kappa shape index (κ2) is 5.13. The van der Waals surface area contributed by atoms with Crippen LogP contribution >= 0.6 is 0 Å². The molecule has 0 unspecified atom stereocenters. The third-order valence-corrected chi connectivity index (χ3v) is 1.84. The largest absolute Gasteiger partial charge is 0.574 e. The van der Waals surface area contributed by atoms with E-state index in [1.165, 1.54) is 0 Å². The Kier molecular flexibility index (Phi) is 4.10. The molecule has 0 aliphatic rings. The number of halogens is 7. The van der Waals surface area contributed by atoms with E-state index >= 15 is 0 Å². The first-order valence-corrected chi connectivity index (χ1v) is 4.64. The highest BCUT2D eigenvalue weighted by molar-refractivity contribution is 5.70. The molecule has 11 heteroatoms. The Balaban J connectivity index is 3.37. The van der Waals surface area contributed by atoms with Gasteiger partial charge in [-0.25, -0.2) is 9.37 Å². The van der Waals surface area contributed by atoms with Crippen molar-refractivity contribution >= 4 is 5.97 Å². The number of nitrogens with zero attached hydrogens (tertiary/aromatic N) is 1. The minimum absolute atomic E-state index is 0.145. The quantitative estimate of drug-likeness (QED) is 0.872. The van der Waals surface area contributed by atoms with E-state index in [9.17, 15) is 35.5 Å². The normalized spacial score (nSPS) is 12.3. The van der Waals surface area contributed by atoms with E-state index < -0.39 is 47.9 Å². The number of hydrogen-bond acceptors (Lipinski definition) is 3. The molecular formula is C9H4F7NO3. The van der Waals surface area contributed by atoms with Crippen LogP contribution in [0.1, 0.15) is 11.3 Å². The van der Waals surface area contributed by atoms with Gasteiger partial charge in [0.2, 0.25) is 5.88 Å². The van der Waals surface area contributed by atoms with Crippen molar-refractivity contribution in [3.8, 4) is 5.88 Å². The van der Waals surface area contributed by atoms with Crippen molar-refractivity contribution in [2.24, 2.45) is 0 Å². The molecule has 0 amide bonds. The predicted molar refractivity (Wildman–Crippen MR) is 47.2 cm³/mol. The lowest BCUT2D eigenvalue weighted by atomic mass is 10.1. The van der Waals surface area contributed by atoms with Crippen molar-refractivity contribution in [3.63, 3.8) is 0 Å². The number of carbonyl (C=O) groups is 1. The lowest BCUT2D eigenvalue weighted by molar-refractivity contribution is -0.276. The molecule has 1 rings (SSSR count). The van der Waals surface area contributed by atoms with Crippen LogP contribution in [0.2, 0.25) is 0 Å². The molecule has 0 aliphatic heterocycles. The Morgan fingerprint density at radius 1 is 1.25 bits per heavy atom. The van der Waals surface area contributed by atoms with Crippen LogP contribution in [0.3, 0.4) is 0 Å². The first kappa shape index (κ1) is 16.0. The topological polar surface area (TPSA) is 59.4 Å². The lowest BCUT2D eigenvalue weighted by Crippen LogP contribution is -2.21. The Morgan fingerprint density at radius 3 is 2.20 bits per heavy atom. The molecule has 0 fully saturated rings. The molecule has 1 aromatic heterocycles. The molecule has 0 aromatic carbocycles. The minimum atomic E-state index is -5.40. The molecule has 0 bridgehead atoms. The fourth-order valence-corrected chi connectivity index (χ4v) is 1.21. The molecule has 0 spiro atoms. The van der Waals surface area contributed by atoms with Gasteiger partial charge >= 0.3 is 18.5 Å². The maximum Gasteiger partial charge on any atom is 0.574 e. The van der Waals surface area contributed by atoms with E-state index in [0.717, 1.165) is 0 Å². The third kappa shape index (κ3) is 4.24. The zero-order valence-corrected chi connectivity index (χ0v) is 9.14. The number of carboxylic acids is 1. The van der Waals surface area contributed by atoms with Gasteiger partial charge in [0.25, 0.3) is 0 Å². The van der Waals surface area contributed by atoms with E-state index in [-0.39, 0.29) is 6.07 Å². The SMILES string of the molecule is O=C(O)Cc1cc(OC(F)(F)F)nc(C(F)(F)F)c1F. The van der Waals surface area contributed by atoms with Crippen LogP contribution in [0.4, 0.5) is 30.7 Å². The van der Waals surface area contributed by atoms with Crippen LogP contribution in [0.25, 0.3) is 0 Å². The molecule has 112 valence electrons. The monoisotopic (exact) mass is 307 g/mol. The first-order chi connectivity index (χ1) is 8.90. The van der Waals surface area contributed by atoms with Crippen LogP contribution in [-0.4, -0.2) is 22.4 Å². The highest BCUT2D eigenvalue weighted by atomic mass is 19.4. The average Bonchev–Trinajstić information content (AvgIpc) is 2.17. The van der Waals surface area contributed by atoms with Gasteiger partial charge in [-0.2, -0.15) is 13.2 Å². The van der Waals surface area contributed by atoms with E-state index in [0.29, 0.717) is 0 Å². The minimum Gasteiger partial charge on any atom is -0.481 e. The van der Waals surface area contributed by atoms with Crippen molar-refractivity contribution < 1.29 is 45.4 Å². The van der Waals surface area contributed by atoms with Crippen LogP contribution in [0, 0.1) is 5.82 Å². The van der Waals surface area contributed by atoms with Gasteiger partial charge in [-0.15, -0.1) is 13.2 Å². The smallest absolute Gasteiger partial charge is 0.481 e. The summed E-state index contributed by atoms with van der Waals surface area (Å²) in [6, 6.07) is 0.145. The number of ether oxygens (including phenoxy) is 1. The van der Waals surface area contributed by atoms with Gasteiger partial charge in [-0.3, -0.25) is 4.79 Å². The molecule has 20 heavy (non-hydrogen) atoms. The molecule has 1 heterocycles. The second-order valence-electron chi connectivity index (χ2n) is 3.40. The molecule has 1 N–H and O–H groups in total. The molecule has 0 saturated carbocycles. The molecule has 0 atom stereocenters. The summed E-state index contributed by atoms with van der Waals surface area (Å²) in [5.74, 6) is -5.39. The van der Waals surface area contributed by atoms with E-state index in [4.69, 9.17) is 5.11 Å². The zero-order chi connectivity index (χ0) is 15.7. The Bertz CT molecular complexity index is 523. The molecule has 4 nitrogen and oxygen atoms in total. The zero-order valence-electron chi connectivity index (χ0n) is 9.14. The van der Waals surface area contributed by atoms with Crippen molar-refractivity contribution in [3.05, 3.63) is 23.1 Å². The van der Waals surface area contributed by atoms with Crippen LogP contribution in [0.5, 0.6) is 5.88 Å². The summed E-state index contributed by atoms with van der Waals surface area (Å²) in [5.41, 5.74) is -3.41. The number of carboxylic acid groups (broad SMARTS) is 1. The van der Waals surface area contributed by atoms with Gasteiger partial charge in [0.1, 0.15) is 0 Å². The van der Waals surface area contributed by atoms with E-state index in [1.54, 1.807) is 0 Å². The summed E-state index contributed by atoms with van der Waals surface area (Å²) in [6.07, 6.45) is -12.0. The molecule has 0 radical (unpaired) electrons. The Hall–Kier alpha value is -2.07. The summed E-state index contributed by atoms with van der Waals surface area (Å²) < 4.78 is 89.4. The van der Waals surface area contributed by atoms with Gasteiger partial charge in [0, 0.05) is 11.6 Å². The van der Waals surface area contributed by atoms with Gasteiger partial charge < -0.3 is 9.84 Å². The number of hydrogen-bond donors (Lipinski definition) is 1. The standard InChI is InChI=1S/C9H4F7NO3/c10-6-3(2-5(18)19)1-4(20-9(14,15)16)17-7(6)8(11,12)13/h1H,2H2,(H,18,19). The maximum absolute atomic E-state index is 13.4.